The van der Waals surface area contributed by atoms with Crippen LogP contribution in [-0.4, -0.2) is 23.8 Å². The first-order chi connectivity index (χ1) is 7.58. The normalized spacial score (nSPS) is 24.3. The molecule has 0 radical (unpaired) electrons. The minimum atomic E-state index is -0.628. The summed E-state index contributed by atoms with van der Waals surface area (Å²) in [7, 11) is 0. The van der Waals surface area contributed by atoms with Gasteiger partial charge in [-0.3, -0.25) is 0 Å². The Bertz CT molecular complexity index is 341. The number of hydrogen-bond acceptors (Lipinski definition) is 2. The van der Waals surface area contributed by atoms with E-state index in [2.05, 4.69) is 5.32 Å². The summed E-state index contributed by atoms with van der Waals surface area (Å²) in [5.74, 6) is 0.350. The molecule has 0 aliphatic carbocycles. The number of hydrogen-bond donors (Lipinski definition) is 2. The van der Waals surface area contributed by atoms with Crippen LogP contribution in [0.5, 0.6) is 0 Å². The number of benzene rings is 1. The first kappa shape index (κ1) is 11.9. The minimum absolute atomic E-state index is 0.350. The Morgan fingerprint density at radius 1 is 1.44 bits per heavy atom. The molecule has 88 valence electrons. The van der Waals surface area contributed by atoms with Crippen molar-refractivity contribution in [1.29, 1.82) is 0 Å². The van der Waals surface area contributed by atoms with Gasteiger partial charge in [-0.2, -0.15) is 0 Å². The monoisotopic (exact) mass is 239 g/mol. The molecule has 2 rings (SSSR count). The molecule has 2 atom stereocenters. The standard InChI is InChI=1S/C13H18ClNO/c1-13(16,11-6-7-15-9-11)8-10-2-4-12(14)5-3-10/h2-5,11,15-16H,6-9H2,1H3. The molecule has 0 spiro atoms. The van der Waals surface area contributed by atoms with Crippen LogP contribution in [0.15, 0.2) is 24.3 Å². The summed E-state index contributed by atoms with van der Waals surface area (Å²) < 4.78 is 0. The molecule has 1 saturated heterocycles. The number of halogens is 1. The number of rotatable bonds is 3. The topological polar surface area (TPSA) is 32.3 Å². The van der Waals surface area contributed by atoms with Crippen LogP contribution in [0.2, 0.25) is 5.02 Å². The van der Waals surface area contributed by atoms with E-state index >= 15 is 0 Å². The zero-order valence-corrected chi connectivity index (χ0v) is 10.3. The third-order valence-electron chi connectivity index (χ3n) is 3.42. The highest BCUT2D eigenvalue weighted by atomic mass is 35.5. The Morgan fingerprint density at radius 3 is 2.69 bits per heavy atom. The first-order valence-corrected chi connectivity index (χ1v) is 6.13. The Kier molecular flexibility index (Phi) is 3.53. The molecule has 1 fully saturated rings. The van der Waals surface area contributed by atoms with Gasteiger partial charge in [-0.15, -0.1) is 0 Å². The molecule has 0 aromatic heterocycles. The quantitative estimate of drug-likeness (QED) is 0.848. The van der Waals surface area contributed by atoms with Gasteiger partial charge in [-0.05, 0) is 37.6 Å². The summed E-state index contributed by atoms with van der Waals surface area (Å²) in [4.78, 5) is 0. The summed E-state index contributed by atoms with van der Waals surface area (Å²) in [6.07, 6.45) is 1.75. The molecule has 0 bridgehead atoms. The van der Waals surface area contributed by atoms with E-state index < -0.39 is 5.60 Å². The molecule has 2 unspecified atom stereocenters. The van der Waals surface area contributed by atoms with Crippen molar-refractivity contribution in [2.45, 2.75) is 25.4 Å². The lowest BCUT2D eigenvalue weighted by molar-refractivity contribution is 0.00727. The van der Waals surface area contributed by atoms with Gasteiger partial charge in [0.1, 0.15) is 0 Å². The Morgan fingerprint density at radius 2 is 2.12 bits per heavy atom. The van der Waals surface area contributed by atoms with Gasteiger partial charge in [-0.25, -0.2) is 0 Å². The Hall–Kier alpha value is -0.570. The summed E-state index contributed by atoms with van der Waals surface area (Å²) in [5.41, 5.74) is 0.512. The minimum Gasteiger partial charge on any atom is -0.389 e. The van der Waals surface area contributed by atoms with Gasteiger partial charge in [0.05, 0.1) is 5.60 Å². The van der Waals surface area contributed by atoms with Gasteiger partial charge < -0.3 is 10.4 Å². The van der Waals surface area contributed by atoms with Crippen LogP contribution in [0.4, 0.5) is 0 Å². The van der Waals surface area contributed by atoms with Crippen molar-refractivity contribution in [2.24, 2.45) is 5.92 Å². The predicted molar refractivity (Wildman–Crippen MR) is 66.8 cm³/mol. The average molecular weight is 240 g/mol. The molecule has 0 saturated carbocycles. The van der Waals surface area contributed by atoms with E-state index in [1.54, 1.807) is 0 Å². The molecule has 0 amide bonds. The van der Waals surface area contributed by atoms with Crippen LogP contribution in [-0.2, 0) is 6.42 Å². The number of nitrogens with one attached hydrogen (secondary N) is 1. The van der Waals surface area contributed by atoms with Gasteiger partial charge in [0.15, 0.2) is 0 Å². The van der Waals surface area contributed by atoms with E-state index in [-0.39, 0.29) is 0 Å². The van der Waals surface area contributed by atoms with Gasteiger partial charge in [0, 0.05) is 23.9 Å². The molecule has 2 nitrogen and oxygen atoms in total. The second-order valence-corrected chi connectivity index (χ2v) is 5.29. The van der Waals surface area contributed by atoms with Crippen molar-refractivity contribution in [1.82, 2.24) is 5.32 Å². The van der Waals surface area contributed by atoms with E-state index in [0.29, 0.717) is 12.3 Å². The molecule has 1 heterocycles. The van der Waals surface area contributed by atoms with Crippen LogP contribution in [0, 0.1) is 5.92 Å². The molecule has 3 heteroatoms. The van der Waals surface area contributed by atoms with Crippen LogP contribution >= 0.6 is 11.6 Å². The van der Waals surface area contributed by atoms with Crippen LogP contribution in [0.3, 0.4) is 0 Å². The van der Waals surface area contributed by atoms with Gasteiger partial charge in [0.25, 0.3) is 0 Å². The fourth-order valence-corrected chi connectivity index (χ4v) is 2.47. The van der Waals surface area contributed by atoms with Crippen LogP contribution < -0.4 is 5.32 Å². The van der Waals surface area contributed by atoms with Crippen molar-refractivity contribution in [3.8, 4) is 0 Å². The lowest BCUT2D eigenvalue weighted by Gasteiger charge is -2.29. The van der Waals surface area contributed by atoms with Crippen molar-refractivity contribution < 1.29 is 5.11 Å². The molecule has 1 aromatic carbocycles. The highest BCUT2D eigenvalue weighted by Gasteiger charge is 2.33. The summed E-state index contributed by atoms with van der Waals surface area (Å²) >= 11 is 5.84. The SMILES string of the molecule is CC(O)(Cc1ccc(Cl)cc1)C1CCNC1. The lowest BCUT2D eigenvalue weighted by atomic mass is 9.83. The maximum Gasteiger partial charge on any atom is 0.0700 e. The second kappa shape index (κ2) is 4.74. The molecule has 1 aromatic rings. The third kappa shape index (κ3) is 2.76. The van der Waals surface area contributed by atoms with Crippen molar-refractivity contribution in [3.63, 3.8) is 0 Å². The van der Waals surface area contributed by atoms with Crippen LogP contribution in [0.1, 0.15) is 18.9 Å². The second-order valence-electron chi connectivity index (χ2n) is 4.85. The zero-order chi connectivity index (χ0) is 11.6. The summed E-state index contributed by atoms with van der Waals surface area (Å²) in [5, 5.41) is 14.5. The van der Waals surface area contributed by atoms with Crippen molar-refractivity contribution >= 4 is 11.6 Å². The average Bonchev–Trinajstić information content (AvgIpc) is 2.75. The first-order valence-electron chi connectivity index (χ1n) is 5.75. The van der Waals surface area contributed by atoms with Crippen LogP contribution in [0.25, 0.3) is 0 Å². The molecule has 16 heavy (non-hydrogen) atoms. The summed E-state index contributed by atoms with van der Waals surface area (Å²) in [6, 6.07) is 7.72. The van der Waals surface area contributed by atoms with E-state index in [1.807, 2.05) is 31.2 Å². The Balaban J connectivity index is 2.04. The predicted octanol–water partition coefficient (Wildman–Crippen LogP) is 2.24. The highest BCUT2D eigenvalue weighted by Crippen LogP contribution is 2.27. The van der Waals surface area contributed by atoms with E-state index in [0.717, 1.165) is 30.1 Å². The lowest BCUT2D eigenvalue weighted by Crippen LogP contribution is -2.38. The van der Waals surface area contributed by atoms with E-state index in [9.17, 15) is 5.11 Å². The maximum absolute atomic E-state index is 10.5. The largest absolute Gasteiger partial charge is 0.389 e. The third-order valence-corrected chi connectivity index (χ3v) is 3.67. The molecular weight excluding hydrogens is 222 g/mol. The van der Waals surface area contributed by atoms with Crippen molar-refractivity contribution in [3.05, 3.63) is 34.9 Å². The van der Waals surface area contributed by atoms with Gasteiger partial charge in [-0.1, -0.05) is 23.7 Å². The molecule has 1 aliphatic heterocycles. The van der Waals surface area contributed by atoms with Gasteiger partial charge in [0.2, 0.25) is 0 Å². The van der Waals surface area contributed by atoms with E-state index in [1.165, 1.54) is 0 Å². The Labute approximate surface area is 102 Å². The van der Waals surface area contributed by atoms with Crippen molar-refractivity contribution in [2.75, 3.05) is 13.1 Å². The number of aliphatic hydroxyl groups is 1. The molecular formula is C13H18ClNO. The highest BCUT2D eigenvalue weighted by molar-refractivity contribution is 6.30. The zero-order valence-electron chi connectivity index (χ0n) is 9.54. The van der Waals surface area contributed by atoms with E-state index in [4.69, 9.17) is 11.6 Å². The smallest absolute Gasteiger partial charge is 0.0700 e. The fraction of sp³-hybridized carbons (Fsp3) is 0.538. The molecule has 1 aliphatic rings. The van der Waals surface area contributed by atoms with Gasteiger partial charge >= 0.3 is 0 Å². The maximum atomic E-state index is 10.5. The molecule has 2 N–H and O–H groups in total. The fourth-order valence-electron chi connectivity index (χ4n) is 2.35. The summed E-state index contributed by atoms with van der Waals surface area (Å²) in [6.45, 7) is 3.86.